The van der Waals surface area contributed by atoms with Gasteiger partial charge in [0.15, 0.2) is 22.4 Å². The van der Waals surface area contributed by atoms with Gasteiger partial charge in [-0.2, -0.15) is 10.4 Å². The van der Waals surface area contributed by atoms with E-state index in [1.807, 2.05) is 45.2 Å². The zero-order valence-corrected chi connectivity index (χ0v) is 34.9. The second kappa shape index (κ2) is 16.4. The number of thiocarbonyl (C=S) groups is 1. The maximum absolute atomic E-state index is 13.6. The highest BCUT2D eigenvalue weighted by Crippen LogP contribution is 2.40. The Morgan fingerprint density at radius 3 is 2.49 bits per heavy atom. The third-order valence-corrected chi connectivity index (χ3v) is 13.0. The van der Waals surface area contributed by atoms with E-state index in [1.54, 1.807) is 10.7 Å². The molecule has 0 bridgehead atoms. The van der Waals surface area contributed by atoms with Gasteiger partial charge < -0.3 is 9.80 Å². The molecule has 4 aliphatic rings. The molecule has 2 aromatic heterocycles. The van der Waals surface area contributed by atoms with E-state index in [9.17, 15) is 24.4 Å². The third kappa shape index (κ3) is 8.02. The van der Waals surface area contributed by atoms with Crippen LogP contribution in [-0.2, 0) is 27.9 Å². The van der Waals surface area contributed by atoms with Crippen LogP contribution in [0.5, 0.6) is 0 Å². The summed E-state index contributed by atoms with van der Waals surface area (Å²) < 4.78 is 1.72. The Morgan fingerprint density at radius 2 is 1.82 bits per heavy atom. The van der Waals surface area contributed by atoms with Crippen LogP contribution in [0.4, 0.5) is 16.3 Å². The zero-order valence-electron chi connectivity index (χ0n) is 33.3. The van der Waals surface area contributed by atoms with E-state index in [4.69, 9.17) is 23.8 Å². The summed E-state index contributed by atoms with van der Waals surface area (Å²) in [6.07, 6.45) is 8.35. The molecule has 0 radical (unpaired) electrons. The number of piperazine rings is 1. The number of fused-ring (bicyclic) bond motifs is 1. The van der Waals surface area contributed by atoms with Gasteiger partial charge in [-0.05, 0) is 109 Å². The van der Waals surface area contributed by atoms with Gasteiger partial charge in [-0.1, -0.05) is 23.7 Å². The molecule has 3 aliphatic heterocycles. The Labute approximate surface area is 344 Å². The summed E-state index contributed by atoms with van der Waals surface area (Å²) >= 11 is 12.2. The Hall–Kier alpha value is -4.49. The number of hydrogen-bond acceptors (Lipinski definition) is 10. The van der Waals surface area contributed by atoms with Gasteiger partial charge in [-0.25, -0.2) is 9.78 Å². The number of nitrogens with one attached hydrogen (secondary N) is 1. The summed E-state index contributed by atoms with van der Waals surface area (Å²) in [5, 5.41) is 17.7. The van der Waals surface area contributed by atoms with Crippen molar-refractivity contribution in [1.29, 1.82) is 5.26 Å². The molecule has 3 aromatic rings. The number of halogens is 1. The highest BCUT2D eigenvalue weighted by molar-refractivity contribution is 7.80. The first-order chi connectivity index (χ1) is 27.2. The molecule has 57 heavy (non-hydrogen) atoms. The lowest BCUT2D eigenvalue weighted by Crippen LogP contribution is -2.58. The van der Waals surface area contributed by atoms with Crippen LogP contribution in [0.25, 0.3) is 10.9 Å². The van der Waals surface area contributed by atoms with Crippen molar-refractivity contribution in [3.05, 3.63) is 46.7 Å². The number of carbonyl (C=O) groups is 4. The van der Waals surface area contributed by atoms with Crippen molar-refractivity contribution < 1.29 is 19.2 Å². The number of aromatic nitrogens is 3. The first-order valence-corrected chi connectivity index (χ1v) is 20.8. The Balaban J connectivity index is 0.876. The lowest BCUT2D eigenvalue weighted by molar-refractivity contribution is -0.124. The molecule has 4 fully saturated rings. The smallest absolute Gasteiger partial charge is 0.329 e. The number of Topliss-reactive ketones (excluding diaryl/α,β-unsaturated/α-hetero) is 1. The molecular weight excluding hydrogens is 764 g/mol. The lowest BCUT2D eigenvalue weighted by Gasteiger charge is -2.44. The van der Waals surface area contributed by atoms with Gasteiger partial charge >= 0.3 is 6.03 Å². The van der Waals surface area contributed by atoms with Crippen molar-refractivity contribution >= 4 is 75.0 Å². The van der Waals surface area contributed by atoms with Gasteiger partial charge in [-0.15, -0.1) is 0 Å². The van der Waals surface area contributed by atoms with Gasteiger partial charge in [0.25, 0.3) is 5.91 Å². The average Bonchev–Trinajstić information content (AvgIpc) is 3.58. The van der Waals surface area contributed by atoms with Crippen molar-refractivity contribution in [2.24, 2.45) is 13.0 Å². The summed E-state index contributed by atoms with van der Waals surface area (Å²) in [6, 6.07) is 9.45. The van der Waals surface area contributed by atoms with Crippen LogP contribution in [0.2, 0.25) is 5.02 Å². The first-order valence-electron chi connectivity index (χ1n) is 20.0. The minimum Gasteiger partial charge on any atom is -0.331 e. The number of pyridine rings is 1. The molecule has 2 atom stereocenters. The van der Waals surface area contributed by atoms with Crippen LogP contribution in [0, 0.1) is 17.2 Å². The number of nitrogens with zero attached hydrogens (tertiary/aromatic N) is 9. The Bertz CT molecular complexity index is 2130. The highest BCUT2D eigenvalue weighted by atomic mass is 35.5. The van der Waals surface area contributed by atoms with Crippen molar-refractivity contribution in [3.8, 4) is 6.07 Å². The van der Waals surface area contributed by atoms with E-state index in [0.29, 0.717) is 29.1 Å². The van der Waals surface area contributed by atoms with Gasteiger partial charge in [0.05, 0.1) is 29.0 Å². The molecule has 0 spiro atoms. The number of para-hydroxylation sites is 1. The monoisotopic (exact) mass is 814 g/mol. The Kier molecular flexibility index (Phi) is 11.7. The number of rotatable bonds is 11. The van der Waals surface area contributed by atoms with Gasteiger partial charge in [0.2, 0.25) is 5.91 Å². The minimum atomic E-state index is -0.801. The molecule has 14 nitrogen and oxygen atoms in total. The molecule has 302 valence electrons. The van der Waals surface area contributed by atoms with Crippen molar-refractivity contribution in [2.45, 2.75) is 103 Å². The lowest BCUT2D eigenvalue weighted by atomic mass is 9.82. The number of benzene rings is 1. The molecule has 7 rings (SSSR count). The van der Waals surface area contributed by atoms with Crippen LogP contribution in [0.1, 0.15) is 83.9 Å². The number of carbonyl (C=O) groups excluding carboxylic acids is 4. The maximum atomic E-state index is 13.6. The number of ketones is 1. The molecule has 1 aliphatic carbocycles. The first kappa shape index (κ1) is 40.7. The predicted octanol–water partition coefficient (Wildman–Crippen LogP) is 5.20. The largest absolute Gasteiger partial charge is 0.331 e. The summed E-state index contributed by atoms with van der Waals surface area (Å²) in [7, 11) is 1.82. The zero-order chi connectivity index (χ0) is 40.8. The Morgan fingerprint density at radius 1 is 1.11 bits per heavy atom. The summed E-state index contributed by atoms with van der Waals surface area (Å²) in [4.78, 5) is 65.6. The third-order valence-electron chi connectivity index (χ3n) is 12.3. The van der Waals surface area contributed by atoms with E-state index in [0.717, 1.165) is 74.6 Å². The van der Waals surface area contributed by atoms with Crippen LogP contribution in [0.15, 0.2) is 30.5 Å². The number of anilines is 2. The van der Waals surface area contributed by atoms with E-state index < -0.39 is 11.6 Å². The van der Waals surface area contributed by atoms with Crippen molar-refractivity contribution in [3.63, 3.8) is 0 Å². The molecule has 3 saturated heterocycles. The number of urea groups is 1. The van der Waals surface area contributed by atoms with Crippen LogP contribution in [0.3, 0.4) is 0 Å². The number of aryl methyl sites for hydroxylation is 1. The van der Waals surface area contributed by atoms with Crippen LogP contribution >= 0.6 is 23.8 Å². The van der Waals surface area contributed by atoms with Crippen LogP contribution in [-0.4, -0.2) is 115 Å². The fraction of sp³-hybridized carbons (Fsp3) is 0.561. The van der Waals surface area contributed by atoms with Crippen LogP contribution < -0.4 is 15.1 Å². The number of hydrogen-bond donors (Lipinski definition) is 1. The van der Waals surface area contributed by atoms with E-state index in [2.05, 4.69) is 43.9 Å². The number of imide groups is 1. The van der Waals surface area contributed by atoms with Gasteiger partial charge in [-0.3, -0.25) is 39.1 Å². The van der Waals surface area contributed by atoms with Crippen molar-refractivity contribution in [1.82, 2.24) is 34.8 Å². The molecule has 0 unspecified atom stereocenters. The number of amides is 4. The highest BCUT2D eigenvalue weighted by Gasteiger charge is 2.52. The second-order valence-electron chi connectivity index (χ2n) is 16.7. The average molecular weight is 815 g/mol. The fourth-order valence-corrected chi connectivity index (χ4v) is 10.3. The van der Waals surface area contributed by atoms with E-state index >= 15 is 0 Å². The normalized spacial score (nSPS) is 24.7. The SMILES string of the molecule is C[C@@H]1CN(CCCC2CCC(N3C(=S)N(c4cnc(C#N)c(Cl)c4)C(=O)C3(C)C)CC2)C[C@H](C)N1CC(=O)Cc1cccc2c(N3CCC(=O)NC3=O)nn(C)c12. The maximum Gasteiger partial charge on any atom is 0.329 e. The summed E-state index contributed by atoms with van der Waals surface area (Å²) in [5.41, 5.74) is 1.48. The quantitative estimate of drug-likeness (QED) is 0.255. The van der Waals surface area contributed by atoms with Crippen molar-refractivity contribution in [2.75, 3.05) is 42.5 Å². The van der Waals surface area contributed by atoms with Gasteiger partial charge in [0, 0.05) is 63.0 Å². The topological polar surface area (TPSA) is 151 Å². The summed E-state index contributed by atoms with van der Waals surface area (Å²) in [5.74, 6) is 0.845. The predicted molar refractivity (Wildman–Crippen MR) is 222 cm³/mol. The molecule has 1 aromatic carbocycles. The fourth-order valence-electron chi connectivity index (χ4n) is 9.52. The molecule has 1 saturated carbocycles. The number of nitriles is 1. The molecule has 5 heterocycles. The van der Waals surface area contributed by atoms with E-state index in [1.165, 1.54) is 16.0 Å². The molecule has 4 amide bonds. The molecule has 16 heteroatoms. The van der Waals surface area contributed by atoms with E-state index in [-0.39, 0.29) is 65.8 Å². The second-order valence-corrected chi connectivity index (χ2v) is 17.4. The minimum absolute atomic E-state index is 0.113. The molecular formula is C41H51ClN10O4S. The standard InChI is InChI=1S/C41H51ClN10O4S/c1-25-22-48(16-7-8-27-11-13-29(14-12-27)52-40(57)51(38(55)41(52,3)4)30-19-33(42)34(20-43)44-21-30)23-26(2)50(25)24-31(53)18-28-9-6-10-32-36(28)47(5)46-37(32)49-17-15-35(54)45-39(49)56/h6,9-10,19,21,25-27,29H,7-8,11-18,22-24H2,1-5H3,(H,45,54,56)/t25-,26+,27?,29?. The van der Waals surface area contributed by atoms with Gasteiger partial charge in [0.1, 0.15) is 11.6 Å². The summed E-state index contributed by atoms with van der Waals surface area (Å²) in [6.45, 7) is 11.8. The molecule has 1 N–H and O–H groups in total.